The van der Waals surface area contributed by atoms with Gasteiger partial charge in [-0.1, -0.05) is 85.8 Å². The molecule has 0 saturated carbocycles. The number of esters is 4. The zero-order valence-corrected chi connectivity index (χ0v) is 41.0. The van der Waals surface area contributed by atoms with Crippen LogP contribution in [0.5, 0.6) is 0 Å². The summed E-state index contributed by atoms with van der Waals surface area (Å²) in [6.45, 7) is 24.8. The molecular weight excluding hydrogens is 821 g/mol. The Morgan fingerprint density at radius 2 is 1.53 bits per heavy atom. The Hall–Kier alpha value is -4.10. The highest BCUT2D eigenvalue weighted by molar-refractivity contribution is 6.03. The van der Waals surface area contributed by atoms with Crippen molar-refractivity contribution in [2.45, 2.75) is 196 Å². The molecule has 2 saturated heterocycles. The molecule has 2 fully saturated rings. The SMILES string of the molecule is CCC(=O)[C@@H](C)[C@H](OC(C)=O)[C@@H](C)/C=C/C(=O)O[C@@H]1[C@H](C)[C@H](CC[C@H](/C=C/C=C/C[C@@H](C)[C@H](OC(C)=O)[C@@]2(C)OC=C(C)C2=O)CC)O[C@]2(CC[C@H](C)[C@H](C[C@@H](C)OC(C)=O)O2)[C@H]1C. The minimum atomic E-state index is -1.27. The number of ether oxygens (including phenoxy) is 7. The fraction of sp³-hybridized carbons (Fsp3) is 0.725. The first-order valence-electron chi connectivity index (χ1n) is 23.5. The summed E-state index contributed by atoms with van der Waals surface area (Å²) in [6.07, 6.45) is 14.7. The van der Waals surface area contributed by atoms with Crippen LogP contribution in [0.4, 0.5) is 0 Å². The Balaban J connectivity index is 1.81. The highest BCUT2D eigenvalue weighted by Crippen LogP contribution is 2.49. The Kier molecular flexibility index (Phi) is 20.7. The average molecular weight is 899 g/mol. The lowest BCUT2D eigenvalue weighted by molar-refractivity contribution is -0.371. The van der Waals surface area contributed by atoms with Crippen LogP contribution < -0.4 is 0 Å². The van der Waals surface area contributed by atoms with Gasteiger partial charge >= 0.3 is 23.9 Å². The molecule has 3 aliphatic rings. The molecule has 0 amide bonds. The second kappa shape index (κ2) is 24.4. The van der Waals surface area contributed by atoms with Gasteiger partial charge in [0.25, 0.3) is 0 Å². The second-order valence-electron chi connectivity index (χ2n) is 18.9. The summed E-state index contributed by atoms with van der Waals surface area (Å²) in [5, 5.41) is 0. The molecule has 3 rings (SSSR count). The molecule has 0 bridgehead atoms. The molecule has 13 heteroatoms. The van der Waals surface area contributed by atoms with Crippen molar-refractivity contribution in [1.29, 1.82) is 0 Å². The molecule has 3 heterocycles. The number of rotatable bonds is 22. The Morgan fingerprint density at radius 3 is 2.11 bits per heavy atom. The Bertz CT molecular complexity index is 1750. The molecule has 3 aliphatic heterocycles. The van der Waals surface area contributed by atoms with Crippen molar-refractivity contribution in [2.24, 2.45) is 41.4 Å². The number of hydrogen-bond donors (Lipinski definition) is 0. The first-order valence-corrected chi connectivity index (χ1v) is 23.5. The van der Waals surface area contributed by atoms with E-state index in [-0.39, 0.29) is 65.4 Å². The van der Waals surface area contributed by atoms with Gasteiger partial charge in [-0.15, -0.1) is 0 Å². The molecule has 0 N–H and O–H groups in total. The predicted octanol–water partition coefficient (Wildman–Crippen LogP) is 9.30. The van der Waals surface area contributed by atoms with E-state index in [4.69, 9.17) is 33.2 Å². The lowest BCUT2D eigenvalue weighted by Gasteiger charge is -2.55. The van der Waals surface area contributed by atoms with Gasteiger partial charge in [0.2, 0.25) is 11.4 Å². The van der Waals surface area contributed by atoms with Gasteiger partial charge in [0.15, 0.2) is 11.9 Å². The maximum absolute atomic E-state index is 13.7. The van der Waals surface area contributed by atoms with Gasteiger partial charge in [-0.25, -0.2) is 4.79 Å². The predicted molar refractivity (Wildman–Crippen MR) is 242 cm³/mol. The number of Topliss-reactive ketones (excluding diaryl/α,β-unsaturated/α-hetero) is 2. The smallest absolute Gasteiger partial charge is 0.330 e. The van der Waals surface area contributed by atoms with Gasteiger partial charge in [-0.3, -0.25) is 24.0 Å². The number of hydrogen-bond acceptors (Lipinski definition) is 13. The molecule has 0 unspecified atom stereocenters. The lowest BCUT2D eigenvalue weighted by Crippen LogP contribution is -2.62. The van der Waals surface area contributed by atoms with Crippen LogP contribution in [0.15, 0.2) is 48.3 Å². The summed E-state index contributed by atoms with van der Waals surface area (Å²) < 4.78 is 42.8. The van der Waals surface area contributed by atoms with Gasteiger partial charge in [0.1, 0.15) is 24.1 Å². The second-order valence-corrected chi connectivity index (χ2v) is 18.9. The van der Waals surface area contributed by atoms with Gasteiger partial charge < -0.3 is 33.2 Å². The van der Waals surface area contributed by atoms with Crippen molar-refractivity contribution in [3.05, 3.63) is 48.3 Å². The van der Waals surface area contributed by atoms with E-state index in [1.165, 1.54) is 33.1 Å². The molecule has 360 valence electrons. The molecule has 64 heavy (non-hydrogen) atoms. The lowest BCUT2D eigenvalue weighted by atomic mass is 9.74. The van der Waals surface area contributed by atoms with E-state index < -0.39 is 59.4 Å². The van der Waals surface area contributed by atoms with Crippen LogP contribution in [0.25, 0.3) is 0 Å². The highest BCUT2D eigenvalue weighted by atomic mass is 16.7. The molecule has 0 aromatic heterocycles. The minimum absolute atomic E-state index is 0.0387. The van der Waals surface area contributed by atoms with Crippen LogP contribution in [0.2, 0.25) is 0 Å². The van der Waals surface area contributed by atoms with Crippen molar-refractivity contribution < 1.29 is 61.9 Å². The molecule has 0 aromatic carbocycles. The monoisotopic (exact) mass is 899 g/mol. The summed E-state index contributed by atoms with van der Waals surface area (Å²) in [6, 6.07) is 0. The molecule has 13 nitrogen and oxygen atoms in total. The number of carbonyl (C=O) groups excluding carboxylic acids is 6. The summed E-state index contributed by atoms with van der Waals surface area (Å²) in [5.41, 5.74) is -0.785. The fourth-order valence-electron chi connectivity index (χ4n) is 9.59. The first-order chi connectivity index (χ1) is 30.0. The molecule has 0 radical (unpaired) electrons. The number of carbonyl (C=O) groups is 6. The minimum Gasteiger partial charge on any atom is -0.483 e. The average Bonchev–Trinajstić information content (AvgIpc) is 3.50. The first kappa shape index (κ1) is 54.2. The van der Waals surface area contributed by atoms with Crippen molar-refractivity contribution in [2.75, 3.05) is 0 Å². The Morgan fingerprint density at radius 1 is 0.891 bits per heavy atom. The van der Waals surface area contributed by atoms with E-state index in [1.807, 2.05) is 45.9 Å². The largest absolute Gasteiger partial charge is 0.483 e. The quantitative estimate of drug-likeness (QED) is 0.0437. The van der Waals surface area contributed by atoms with Gasteiger partial charge in [-0.05, 0) is 64.7 Å². The highest BCUT2D eigenvalue weighted by Gasteiger charge is 2.56. The van der Waals surface area contributed by atoms with Gasteiger partial charge in [0.05, 0.1) is 24.4 Å². The molecule has 0 aliphatic carbocycles. The number of allylic oxidation sites excluding steroid dienone is 4. The van der Waals surface area contributed by atoms with E-state index in [0.717, 1.165) is 19.3 Å². The Labute approximate surface area is 382 Å². The third-order valence-electron chi connectivity index (χ3n) is 13.6. The van der Waals surface area contributed by atoms with E-state index >= 15 is 0 Å². The number of ketones is 2. The van der Waals surface area contributed by atoms with Crippen LogP contribution in [-0.4, -0.2) is 83.5 Å². The molecule has 0 aromatic rings. The molecular formula is C51H78O13. The van der Waals surface area contributed by atoms with Crippen LogP contribution in [-0.2, 0) is 61.9 Å². The van der Waals surface area contributed by atoms with Gasteiger partial charge in [-0.2, -0.15) is 0 Å². The van der Waals surface area contributed by atoms with Crippen molar-refractivity contribution >= 4 is 35.4 Å². The van der Waals surface area contributed by atoms with Crippen molar-refractivity contribution in [3.8, 4) is 0 Å². The maximum Gasteiger partial charge on any atom is 0.330 e. The van der Waals surface area contributed by atoms with E-state index in [0.29, 0.717) is 37.7 Å². The standard InChI is InChI=1S/C51H78O13/c1-15-41(21-19-17-18-20-32(5)49(61-40(13)54)50(14)48(57)33(6)29-58-50)23-24-43-36(9)47(62-45(56)25-22-31(4)46(60-39(12)53)35(8)42(55)16-2)37(10)51(63-43)27-26-30(3)44(64-51)28-34(7)59-38(11)52/h17-19,21-22,25,29-32,34-37,41,43-44,46-47,49H,15-16,20,23-24,26-28H2,1-14H3/b18-17+,21-19+,25-22+/t30-,31-,32+,34+,35+,36+,37-,41-,43-,44-,46+,47+,49-,50-,51-/m0/s1. The fourth-order valence-corrected chi connectivity index (χ4v) is 9.59. The van der Waals surface area contributed by atoms with Gasteiger partial charge in [0, 0.05) is 75.4 Å². The third-order valence-corrected chi connectivity index (χ3v) is 13.6. The van der Waals surface area contributed by atoms with E-state index in [1.54, 1.807) is 40.7 Å². The van der Waals surface area contributed by atoms with Crippen LogP contribution in [0, 0.1) is 41.4 Å². The molecule has 15 atom stereocenters. The third kappa shape index (κ3) is 14.4. The normalized spacial score (nSPS) is 30.5. The summed E-state index contributed by atoms with van der Waals surface area (Å²) >= 11 is 0. The van der Waals surface area contributed by atoms with E-state index in [9.17, 15) is 28.8 Å². The van der Waals surface area contributed by atoms with E-state index in [2.05, 4.69) is 19.9 Å². The topological polar surface area (TPSA) is 167 Å². The summed E-state index contributed by atoms with van der Waals surface area (Å²) in [7, 11) is 0. The van der Waals surface area contributed by atoms with Crippen LogP contribution >= 0.6 is 0 Å². The maximum atomic E-state index is 13.7. The summed E-state index contributed by atoms with van der Waals surface area (Å²) in [4.78, 5) is 75.0. The van der Waals surface area contributed by atoms with Crippen molar-refractivity contribution in [3.63, 3.8) is 0 Å². The van der Waals surface area contributed by atoms with Crippen LogP contribution in [0.3, 0.4) is 0 Å². The van der Waals surface area contributed by atoms with Crippen LogP contribution in [0.1, 0.15) is 148 Å². The zero-order valence-electron chi connectivity index (χ0n) is 41.0. The summed E-state index contributed by atoms with van der Waals surface area (Å²) in [5.74, 6) is -4.51. The zero-order chi connectivity index (χ0) is 48.1. The van der Waals surface area contributed by atoms with Crippen molar-refractivity contribution in [1.82, 2.24) is 0 Å². The molecule has 1 spiro atoms.